The Kier molecular flexibility index (Phi) is 5.84. The molecule has 1 fully saturated rings. The molecule has 0 radical (unpaired) electrons. The molecule has 1 aliphatic rings. The minimum atomic E-state index is -2.94. The van der Waals surface area contributed by atoms with E-state index in [0.29, 0.717) is 24.3 Å². The highest BCUT2D eigenvalue weighted by atomic mass is 32.2. The van der Waals surface area contributed by atoms with Crippen LogP contribution in [0.25, 0.3) is 0 Å². The Balaban J connectivity index is 1.76. The number of aliphatic hydroxyl groups excluding tert-OH is 1. The van der Waals surface area contributed by atoms with Gasteiger partial charge in [-0.15, -0.1) is 0 Å². The van der Waals surface area contributed by atoms with Crippen molar-refractivity contribution in [1.82, 2.24) is 10.6 Å². The van der Waals surface area contributed by atoms with Crippen molar-refractivity contribution >= 4 is 15.9 Å². The molecule has 0 aliphatic carbocycles. The van der Waals surface area contributed by atoms with Crippen LogP contribution in [0.3, 0.4) is 0 Å². The molecule has 1 aromatic rings. The van der Waals surface area contributed by atoms with Gasteiger partial charge in [0.15, 0.2) is 9.84 Å². The number of carbonyl (C=O) groups excluding carboxylic acids is 1. The summed E-state index contributed by atoms with van der Waals surface area (Å²) in [5.41, 5.74) is 0.595. The third-order valence-corrected chi connectivity index (χ3v) is 5.67. The molecule has 1 heterocycles. The molecular formula is C15H22N2O5S. The van der Waals surface area contributed by atoms with Gasteiger partial charge in [-0.3, -0.25) is 0 Å². The lowest BCUT2D eigenvalue weighted by atomic mass is 10.1. The van der Waals surface area contributed by atoms with Gasteiger partial charge in [0.05, 0.1) is 24.7 Å². The van der Waals surface area contributed by atoms with Gasteiger partial charge in [0, 0.05) is 18.7 Å². The molecular weight excluding hydrogens is 320 g/mol. The minimum Gasteiger partial charge on any atom is -0.496 e. The molecule has 2 rings (SSSR count). The van der Waals surface area contributed by atoms with Crippen LogP contribution < -0.4 is 15.4 Å². The lowest BCUT2D eigenvalue weighted by Gasteiger charge is -2.16. The van der Waals surface area contributed by atoms with Gasteiger partial charge in [-0.25, -0.2) is 13.2 Å². The van der Waals surface area contributed by atoms with Gasteiger partial charge in [0.25, 0.3) is 0 Å². The maximum Gasteiger partial charge on any atom is 0.314 e. The van der Waals surface area contributed by atoms with Crippen LogP contribution in [0.4, 0.5) is 4.79 Å². The Hall–Kier alpha value is -1.80. The fourth-order valence-corrected chi connectivity index (χ4v) is 4.44. The van der Waals surface area contributed by atoms with Gasteiger partial charge in [0.2, 0.25) is 0 Å². The zero-order valence-corrected chi connectivity index (χ0v) is 13.8. The summed E-state index contributed by atoms with van der Waals surface area (Å²) in [7, 11) is -1.42. The van der Waals surface area contributed by atoms with Crippen LogP contribution >= 0.6 is 0 Å². The maximum absolute atomic E-state index is 11.7. The molecule has 0 bridgehead atoms. The third kappa shape index (κ3) is 5.11. The molecule has 7 nitrogen and oxygen atoms in total. The van der Waals surface area contributed by atoms with E-state index in [1.807, 2.05) is 0 Å². The Morgan fingerprint density at radius 2 is 2.13 bits per heavy atom. The summed E-state index contributed by atoms with van der Waals surface area (Å²) in [6.45, 7) is 0.352. The first kappa shape index (κ1) is 17.6. The second kappa shape index (κ2) is 7.65. The third-order valence-electron chi connectivity index (χ3n) is 3.83. The van der Waals surface area contributed by atoms with E-state index in [4.69, 9.17) is 4.74 Å². The lowest BCUT2D eigenvalue weighted by Crippen LogP contribution is -2.40. The van der Waals surface area contributed by atoms with Crippen molar-refractivity contribution in [3.8, 4) is 5.75 Å². The highest BCUT2D eigenvalue weighted by molar-refractivity contribution is 7.91. The van der Waals surface area contributed by atoms with Gasteiger partial charge < -0.3 is 20.5 Å². The SMILES string of the molecule is COc1ccccc1[C@@H](O)CNC(=O)NC[C@@H]1CCS(=O)(=O)C1. The van der Waals surface area contributed by atoms with E-state index >= 15 is 0 Å². The maximum atomic E-state index is 11.7. The molecule has 23 heavy (non-hydrogen) atoms. The van der Waals surface area contributed by atoms with Crippen LogP contribution in [0, 0.1) is 5.92 Å². The zero-order valence-electron chi connectivity index (χ0n) is 13.0. The van der Waals surface area contributed by atoms with Crippen molar-refractivity contribution in [2.75, 3.05) is 31.7 Å². The van der Waals surface area contributed by atoms with E-state index < -0.39 is 22.0 Å². The standard InChI is InChI=1S/C15H22N2O5S/c1-22-14-5-3-2-4-12(14)13(18)9-17-15(19)16-8-11-6-7-23(20,21)10-11/h2-5,11,13,18H,6-10H2,1H3,(H2,16,17,19)/t11-,13-/m0/s1. The second-order valence-electron chi connectivity index (χ2n) is 5.62. The van der Waals surface area contributed by atoms with Gasteiger partial charge in [-0.05, 0) is 18.4 Å². The number of hydrogen-bond acceptors (Lipinski definition) is 5. The van der Waals surface area contributed by atoms with E-state index in [1.54, 1.807) is 24.3 Å². The number of nitrogens with one attached hydrogen (secondary N) is 2. The van der Waals surface area contributed by atoms with E-state index in [2.05, 4.69) is 10.6 Å². The highest BCUT2D eigenvalue weighted by Gasteiger charge is 2.27. The summed E-state index contributed by atoms with van der Waals surface area (Å²) in [6.07, 6.45) is -0.310. The first-order valence-corrected chi connectivity index (χ1v) is 9.26. The van der Waals surface area contributed by atoms with E-state index in [9.17, 15) is 18.3 Å². The van der Waals surface area contributed by atoms with Gasteiger partial charge >= 0.3 is 6.03 Å². The molecule has 1 aromatic carbocycles. The predicted molar refractivity (Wildman–Crippen MR) is 86.1 cm³/mol. The fraction of sp³-hybridized carbons (Fsp3) is 0.533. The van der Waals surface area contributed by atoms with Gasteiger partial charge in [-0.1, -0.05) is 18.2 Å². The number of benzene rings is 1. The molecule has 0 aromatic heterocycles. The Bertz CT molecular complexity index is 647. The van der Waals surface area contributed by atoms with Gasteiger partial charge in [-0.2, -0.15) is 0 Å². The molecule has 2 amide bonds. The van der Waals surface area contributed by atoms with Gasteiger partial charge in [0.1, 0.15) is 5.75 Å². The number of carbonyl (C=O) groups is 1. The van der Waals surface area contributed by atoms with Crippen LogP contribution in [0.1, 0.15) is 18.1 Å². The Morgan fingerprint density at radius 1 is 1.39 bits per heavy atom. The average Bonchev–Trinajstić information content (AvgIpc) is 2.89. The molecule has 1 saturated heterocycles. The number of sulfone groups is 1. The lowest BCUT2D eigenvalue weighted by molar-refractivity contribution is 0.169. The number of urea groups is 1. The van der Waals surface area contributed by atoms with Crippen molar-refractivity contribution in [1.29, 1.82) is 0 Å². The highest BCUT2D eigenvalue weighted by Crippen LogP contribution is 2.24. The van der Waals surface area contributed by atoms with Crippen molar-refractivity contribution in [3.05, 3.63) is 29.8 Å². The second-order valence-corrected chi connectivity index (χ2v) is 7.85. The predicted octanol–water partition coefficient (Wildman–Crippen LogP) is 0.463. The zero-order chi connectivity index (χ0) is 16.9. The monoisotopic (exact) mass is 342 g/mol. The molecule has 3 N–H and O–H groups in total. The molecule has 0 spiro atoms. The number of aliphatic hydroxyl groups is 1. The van der Waals surface area contributed by atoms with E-state index in [1.165, 1.54) is 7.11 Å². The number of ether oxygens (including phenoxy) is 1. The van der Waals surface area contributed by atoms with Crippen molar-refractivity contribution in [3.63, 3.8) is 0 Å². The first-order chi connectivity index (χ1) is 10.9. The quantitative estimate of drug-likeness (QED) is 0.697. The minimum absolute atomic E-state index is 0.0369. The summed E-state index contributed by atoms with van der Waals surface area (Å²) >= 11 is 0. The van der Waals surface area contributed by atoms with Crippen LogP contribution in [-0.2, 0) is 9.84 Å². The van der Waals surface area contributed by atoms with Crippen LogP contribution in [0.15, 0.2) is 24.3 Å². The van der Waals surface area contributed by atoms with Crippen LogP contribution in [0.2, 0.25) is 0 Å². The van der Waals surface area contributed by atoms with E-state index in [-0.39, 0.29) is 24.0 Å². The number of amides is 2. The summed E-state index contributed by atoms with van der Waals surface area (Å²) in [6, 6.07) is 6.61. The molecule has 0 unspecified atom stereocenters. The average molecular weight is 342 g/mol. The van der Waals surface area contributed by atoms with Crippen LogP contribution in [0.5, 0.6) is 5.75 Å². The largest absolute Gasteiger partial charge is 0.496 e. The fourth-order valence-electron chi connectivity index (χ4n) is 2.57. The number of hydrogen-bond donors (Lipinski definition) is 3. The van der Waals surface area contributed by atoms with Crippen molar-refractivity contribution < 1.29 is 23.1 Å². The summed E-state index contributed by atoms with van der Waals surface area (Å²) in [5, 5.41) is 15.3. The number of para-hydroxylation sites is 1. The topological polar surface area (TPSA) is 105 Å². The molecule has 0 saturated carbocycles. The molecule has 128 valence electrons. The summed E-state index contributed by atoms with van der Waals surface area (Å²) in [4.78, 5) is 11.7. The van der Waals surface area contributed by atoms with Crippen LogP contribution in [-0.4, -0.2) is 51.3 Å². The molecule has 8 heteroatoms. The summed E-state index contributed by atoms with van der Waals surface area (Å²) in [5.74, 6) is 0.827. The summed E-state index contributed by atoms with van der Waals surface area (Å²) < 4.78 is 27.9. The van der Waals surface area contributed by atoms with E-state index in [0.717, 1.165) is 0 Å². The first-order valence-electron chi connectivity index (χ1n) is 7.44. The van der Waals surface area contributed by atoms with Crippen molar-refractivity contribution in [2.45, 2.75) is 12.5 Å². The number of rotatable bonds is 6. The van der Waals surface area contributed by atoms with Crippen molar-refractivity contribution in [2.24, 2.45) is 5.92 Å². The normalized spacial score (nSPS) is 20.7. The smallest absolute Gasteiger partial charge is 0.314 e. The number of methoxy groups -OCH3 is 1. The Morgan fingerprint density at radius 3 is 2.78 bits per heavy atom. The molecule has 1 aliphatic heterocycles. The Labute approximate surface area is 136 Å². The molecule has 2 atom stereocenters.